The summed E-state index contributed by atoms with van der Waals surface area (Å²) in [6, 6.07) is 14.9. The first-order valence-corrected chi connectivity index (χ1v) is 11.1. The maximum atomic E-state index is 13.4. The maximum Gasteiger partial charge on any atom is 0.272 e. The number of anilines is 1. The van der Waals surface area contributed by atoms with Crippen molar-refractivity contribution in [1.82, 2.24) is 10.2 Å². The van der Waals surface area contributed by atoms with Crippen LogP contribution in [0.2, 0.25) is 0 Å². The lowest BCUT2D eigenvalue weighted by atomic mass is 10.0. The summed E-state index contributed by atoms with van der Waals surface area (Å²) in [5.41, 5.74) is 7.77. The molecule has 2 aromatic rings. The molecule has 7 heteroatoms. The molecule has 0 aliphatic carbocycles. The van der Waals surface area contributed by atoms with E-state index in [9.17, 15) is 4.79 Å². The van der Waals surface area contributed by atoms with E-state index in [-0.39, 0.29) is 11.7 Å². The summed E-state index contributed by atoms with van der Waals surface area (Å²) in [6.07, 6.45) is 2.45. The zero-order valence-corrected chi connectivity index (χ0v) is 17.8. The second-order valence-electron chi connectivity index (χ2n) is 8.15. The van der Waals surface area contributed by atoms with Crippen LogP contribution >= 0.6 is 0 Å². The number of carbonyl (C=O) groups is 1. The number of carbonyl (C=O) groups excluding carboxylic acids is 1. The van der Waals surface area contributed by atoms with Crippen LogP contribution in [0.3, 0.4) is 0 Å². The highest BCUT2D eigenvalue weighted by Crippen LogP contribution is 2.39. The zero-order chi connectivity index (χ0) is 21.6. The van der Waals surface area contributed by atoms with Crippen molar-refractivity contribution in [3.05, 3.63) is 59.7 Å². The molecule has 164 valence electrons. The topological polar surface area (TPSA) is 94.7 Å². The number of piperazine rings is 1. The minimum Gasteiger partial charge on any atom is -0.474 e. The Labute approximate surface area is 183 Å². The molecule has 0 bridgehead atoms. The molecular formula is C24H31N5O2. The summed E-state index contributed by atoms with van der Waals surface area (Å²) in [7, 11) is 0. The Bertz CT molecular complexity index is 926. The summed E-state index contributed by atoms with van der Waals surface area (Å²) in [5.74, 6) is 0.620. The molecule has 2 aliphatic rings. The molecule has 1 unspecified atom stereocenters. The Morgan fingerprint density at radius 2 is 1.84 bits per heavy atom. The van der Waals surface area contributed by atoms with Crippen molar-refractivity contribution in [3.63, 3.8) is 0 Å². The summed E-state index contributed by atoms with van der Waals surface area (Å²) in [6.45, 7) is 6.18. The predicted molar refractivity (Wildman–Crippen MR) is 123 cm³/mol. The van der Waals surface area contributed by atoms with Gasteiger partial charge in [-0.3, -0.25) is 10.2 Å². The van der Waals surface area contributed by atoms with Crippen LogP contribution in [0, 0.1) is 5.41 Å². The Morgan fingerprint density at radius 1 is 1.06 bits per heavy atom. The first kappa shape index (κ1) is 21.3. The highest BCUT2D eigenvalue weighted by Gasteiger charge is 2.35. The molecule has 0 aromatic heterocycles. The number of amides is 1. The molecule has 2 aliphatic heterocycles. The monoisotopic (exact) mass is 421 g/mol. The number of ether oxygens (including phenoxy) is 1. The molecule has 1 atom stereocenters. The fraction of sp³-hybridized carbons (Fsp3) is 0.417. The summed E-state index contributed by atoms with van der Waals surface area (Å²) in [5, 5.41) is 11.1. The normalized spacial score (nSPS) is 19.0. The molecule has 4 N–H and O–H groups in total. The van der Waals surface area contributed by atoms with Gasteiger partial charge in [-0.1, -0.05) is 36.8 Å². The third-order valence-corrected chi connectivity index (χ3v) is 5.96. The van der Waals surface area contributed by atoms with Gasteiger partial charge in [0, 0.05) is 43.9 Å². The van der Waals surface area contributed by atoms with Gasteiger partial charge >= 0.3 is 0 Å². The number of nitrogens with two attached hydrogens (primary N) is 1. The lowest BCUT2D eigenvalue weighted by Gasteiger charge is -2.34. The fourth-order valence-corrected chi connectivity index (χ4v) is 4.24. The number of hydrogen-bond donors (Lipinski definition) is 3. The molecule has 0 saturated carbocycles. The molecule has 2 aromatic carbocycles. The van der Waals surface area contributed by atoms with Crippen LogP contribution in [0.5, 0.6) is 5.75 Å². The number of fused-ring (bicyclic) bond motifs is 1. The highest BCUT2D eigenvalue weighted by molar-refractivity contribution is 6.01. The van der Waals surface area contributed by atoms with Gasteiger partial charge in [0.05, 0.1) is 5.69 Å². The lowest BCUT2D eigenvalue weighted by molar-refractivity contribution is -0.126. The standard InChI is InChI=1S/C24H31N5O2/c25-23(26)19-8-6-7-18(17-19)22-24(30)29(20-9-2-3-10-21(20)31-22)14-5-1-4-13-28-15-11-27-12-16-28/h2-3,6-10,17,22,27H,1,4-5,11-16H2,(H3,25,26). The van der Waals surface area contributed by atoms with Crippen LogP contribution in [-0.4, -0.2) is 55.9 Å². The summed E-state index contributed by atoms with van der Waals surface area (Å²) >= 11 is 0. The van der Waals surface area contributed by atoms with E-state index in [1.165, 1.54) is 0 Å². The van der Waals surface area contributed by atoms with Gasteiger partial charge in [-0.05, 0) is 37.6 Å². The van der Waals surface area contributed by atoms with Crippen molar-refractivity contribution in [2.24, 2.45) is 5.73 Å². The molecule has 7 nitrogen and oxygen atoms in total. The number of amidine groups is 1. The van der Waals surface area contributed by atoms with Crippen LogP contribution in [0.4, 0.5) is 5.69 Å². The van der Waals surface area contributed by atoms with Gasteiger partial charge in [0.2, 0.25) is 6.10 Å². The number of nitrogen functional groups attached to an aromatic ring is 1. The number of nitrogens with zero attached hydrogens (tertiary/aromatic N) is 2. The minimum absolute atomic E-state index is 0.0214. The predicted octanol–water partition coefficient (Wildman–Crippen LogP) is 2.51. The van der Waals surface area contributed by atoms with Crippen LogP contribution in [-0.2, 0) is 4.79 Å². The van der Waals surface area contributed by atoms with E-state index < -0.39 is 6.10 Å². The van der Waals surface area contributed by atoms with E-state index in [0.29, 0.717) is 17.9 Å². The van der Waals surface area contributed by atoms with Gasteiger partial charge in [-0.15, -0.1) is 0 Å². The van der Waals surface area contributed by atoms with E-state index >= 15 is 0 Å². The van der Waals surface area contributed by atoms with Gasteiger partial charge in [0.15, 0.2) is 0 Å². The number of rotatable bonds is 8. The van der Waals surface area contributed by atoms with Gasteiger partial charge in [-0.25, -0.2) is 0 Å². The highest BCUT2D eigenvalue weighted by atomic mass is 16.5. The number of unbranched alkanes of at least 4 members (excludes halogenated alkanes) is 2. The number of hydrogen-bond acceptors (Lipinski definition) is 5. The minimum atomic E-state index is -0.727. The van der Waals surface area contributed by atoms with E-state index in [4.69, 9.17) is 15.9 Å². The van der Waals surface area contributed by atoms with Crippen molar-refractivity contribution in [3.8, 4) is 5.75 Å². The molecule has 2 heterocycles. The smallest absolute Gasteiger partial charge is 0.272 e. The largest absolute Gasteiger partial charge is 0.474 e. The van der Waals surface area contributed by atoms with E-state index in [1.54, 1.807) is 12.1 Å². The van der Waals surface area contributed by atoms with Crippen molar-refractivity contribution in [2.45, 2.75) is 25.4 Å². The van der Waals surface area contributed by atoms with Crippen LogP contribution in [0.15, 0.2) is 48.5 Å². The quantitative estimate of drug-likeness (QED) is 0.346. The van der Waals surface area contributed by atoms with E-state index in [2.05, 4.69) is 10.2 Å². The summed E-state index contributed by atoms with van der Waals surface area (Å²) < 4.78 is 6.09. The van der Waals surface area contributed by atoms with Crippen LogP contribution < -0.4 is 20.7 Å². The molecule has 1 amide bonds. The average Bonchev–Trinajstić information content (AvgIpc) is 2.80. The maximum absolute atomic E-state index is 13.4. The Hall–Kier alpha value is -2.90. The first-order chi connectivity index (χ1) is 15.1. The van der Waals surface area contributed by atoms with Gasteiger partial charge < -0.3 is 25.6 Å². The second-order valence-corrected chi connectivity index (χ2v) is 8.15. The molecule has 0 radical (unpaired) electrons. The number of nitrogens with one attached hydrogen (secondary N) is 2. The van der Waals surface area contributed by atoms with Gasteiger partial charge in [0.1, 0.15) is 11.6 Å². The van der Waals surface area contributed by atoms with Crippen molar-refractivity contribution < 1.29 is 9.53 Å². The Balaban J connectivity index is 1.43. The zero-order valence-electron chi connectivity index (χ0n) is 17.8. The Kier molecular flexibility index (Phi) is 6.84. The van der Waals surface area contributed by atoms with Gasteiger partial charge in [0.25, 0.3) is 5.91 Å². The van der Waals surface area contributed by atoms with E-state index in [0.717, 1.165) is 63.2 Å². The molecular weight excluding hydrogens is 390 g/mol. The van der Waals surface area contributed by atoms with Gasteiger partial charge in [-0.2, -0.15) is 0 Å². The average molecular weight is 422 g/mol. The fourth-order valence-electron chi connectivity index (χ4n) is 4.24. The first-order valence-electron chi connectivity index (χ1n) is 11.1. The molecule has 4 rings (SSSR count). The number of para-hydroxylation sites is 2. The Morgan fingerprint density at radius 3 is 2.65 bits per heavy atom. The molecule has 31 heavy (non-hydrogen) atoms. The SMILES string of the molecule is N=C(N)c1cccc(C2Oc3ccccc3N(CCCCCN3CCNCC3)C2=O)c1. The second kappa shape index (κ2) is 9.94. The lowest BCUT2D eigenvalue weighted by Crippen LogP contribution is -2.43. The third kappa shape index (κ3) is 5.06. The van der Waals surface area contributed by atoms with Crippen LogP contribution in [0.1, 0.15) is 36.5 Å². The summed E-state index contributed by atoms with van der Waals surface area (Å²) in [4.78, 5) is 17.7. The molecule has 1 saturated heterocycles. The van der Waals surface area contributed by atoms with E-state index in [1.807, 2.05) is 41.3 Å². The third-order valence-electron chi connectivity index (χ3n) is 5.96. The van der Waals surface area contributed by atoms with Crippen molar-refractivity contribution >= 4 is 17.4 Å². The van der Waals surface area contributed by atoms with Crippen LogP contribution in [0.25, 0.3) is 0 Å². The van der Waals surface area contributed by atoms with Crippen molar-refractivity contribution in [2.75, 3.05) is 44.2 Å². The number of benzene rings is 2. The molecule has 1 fully saturated rings. The van der Waals surface area contributed by atoms with Crippen molar-refractivity contribution in [1.29, 1.82) is 5.41 Å². The molecule has 0 spiro atoms.